The van der Waals surface area contributed by atoms with Crippen LogP contribution in [0, 0.1) is 12.3 Å². The molecule has 1 spiro atoms. The van der Waals surface area contributed by atoms with Gasteiger partial charge in [-0.3, -0.25) is 0 Å². The lowest BCUT2D eigenvalue weighted by atomic mass is 9.87. The minimum absolute atomic E-state index is 0.122. The molecule has 3 aliphatic rings. The van der Waals surface area contributed by atoms with Gasteiger partial charge < -0.3 is 14.8 Å². The van der Waals surface area contributed by atoms with Gasteiger partial charge in [-0.15, -0.1) is 0 Å². The van der Waals surface area contributed by atoms with Gasteiger partial charge in [0, 0.05) is 25.7 Å². The van der Waals surface area contributed by atoms with E-state index in [0.717, 1.165) is 25.9 Å². The summed E-state index contributed by atoms with van der Waals surface area (Å²) in [6.45, 7) is 5.05. The fraction of sp³-hybridized carbons (Fsp3) is 0.600. The zero-order valence-electron chi connectivity index (χ0n) is 12.6. The number of rotatable bonds is 2. The predicted octanol–water partition coefficient (Wildman–Crippen LogP) is 1.10. The summed E-state index contributed by atoms with van der Waals surface area (Å²) in [4.78, 5) is 0.333. The van der Waals surface area contributed by atoms with Gasteiger partial charge in [0.2, 0.25) is 16.8 Å². The highest BCUT2D eigenvalue weighted by Crippen LogP contribution is 2.41. The first-order chi connectivity index (χ1) is 10.5. The van der Waals surface area contributed by atoms with E-state index in [2.05, 4.69) is 5.32 Å². The summed E-state index contributed by atoms with van der Waals surface area (Å²) in [5.41, 5.74) is 0.826. The van der Waals surface area contributed by atoms with Crippen LogP contribution in [0.2, 0.25) is 0 Å². The molecule has 4 rings (SSSR count). The molecule has 6 nitrogen and oxygen atoms in total. The quantitative estimate of drug-likeness (QED) is 0.882. The van der Waals surface area contributed by atoms with Crippen molar-refractivity contribution in [1.29, 1.82) is 0 Å². The molecule has 7 heteroatoms. The fourth-order valence-corrected chi connectivity index (χ4v) is 5.46. The molecule has 0 saturated carbocycles. The molecule has 3 aliphatic heterocycles. The fourth-order valence-electron chi connectivity index (χ4n) is 3.69. The molecule has 0 amide bonds. The van der Waals surface area contributed by atoms with Crippen molar-refractivity contribution in [3.63, 3.8) is 0 Å². The number of hydrogen-bond acceptors (Lipinski definition) is 5. The van der Waals surface area contributed by atoms with Crippen LogP contribution >= 0.6 is 0 Å². The number of nitrogens with zero attached hydrogens (tertiary/aromatic N) is 1. The predicted molar refractivity (Wildman–Crippen MR) is 80.6 cm³/mol. The molecule has 0 radical (unpaired) electrons. The summed E-state index contributed by atoms with van der Waals surface area (Å²) in [5, 5.41) is 3.35. The summed E-state index contributed by atoms with van der Waals surface area (Å²) in [5.74, 6) is 1.13. The van der Waals surface area contributed by atoms with Crippen molar-refractivity contribution in [3.8, 4) is 11.5 Å². The Bertz CT molecular complexity index is 710. The molecule has 1 N–H and O–H groups in total. The van der Waals surface area contributed by atoms with E-state index >= 15 is 0 Å². The van der Waals surface area contributed by atoms with Crippen LogP contribution in [0.5, 0.6) is 11.5 Å². The van der Waals surface area contributed by atoms with Crippen molar-refractivity contribution in [2.24, 2.45) is 5.41 Å². The average molecular weight is 324 g/mol. The first kappa shape index (κ1) is 14.3. The average Bonchev–Trinajstić information content (AvgIpc) is 3.20. The molecule has 3 heterocycles. The molecule has 120 valence electrons. The Balaban J connectivity index is 1.67. The third-order valence-corrected chi connectivity index (χ3v) is 7.01. The Hall–Kier alpha value is -1.31. The summed E-state index contributed by atoms with van der Waals surface area (Å²) >= 11 is 0. The number of aryl methyl sites for hydroxylation is 1. The lowest BCUT2D eigenvalue weighted by molar-refractivity contribution is 0.174. The Kier molecular flexibility index (Phi) is 3.15. The van der Waals surface area contributed by atoms with Crippen LogP contribution in [-0.4, -0.2) is 45.7 Å². The van der Waals surface area contributed by atoms with Crippen molar-refractivity contribution in [3.05, 3.63) is 17.7 Å². The number of hydrogen-bond donors (Lipinski definition) is 1. The normalized spacial score (nSPS) is 27.9. The lowest BCUT2D eigenvalue weighted by Crippen LogP contribution is -2.33. The SMILES string of the molecule is Cc1cc2c(cc1S(=O)(=O)N1CCC3(CCNC3)C1)OCO2. The van der Waals surface area contributed by atoms with E-state index in [1.54, 1.807) is 23.4 Å². The van der Waals surface area contributed by atoms with Crippen molar-refractivity contribution < 1.29 is 17.9 Å². The van der Waals surface area contributed by atoms with Gasteiger partial charge in [0.05, 0.1) is 4.90 Å². The number of fused-ring (bicyclic) bond motifs is 1. The second-order valence-corrected chi connectivity index (χ2v) is 8.39. The largest absolute Gasteiger partial charge is 0.454 e. The van der Waals surface area contributed by atoms with Gasteiger partial charge in [-0.1, -0.05) is 0 Å². The Morgan fingerprint density at radius 2 is 2.00 bits per heavy atom. The maximum Gasteiger partial charge on any atom is 0.243 e. The van der Waals surface area contributed by atoms with Crippen molar-refractivity contribution in [1.82, 2.24) is 9.62 Å². The van der Waals surface area contributed by atoms with Gasteiger partial charge in [-0.05, 0) is 43.4 Å². The molecule has 1 atom stereocenters. The van der Waals surface area contributed by atoms with Crippen LogP contribution in [0.25, 0.3) is 0 Å². The molecule has 0 aliphatic carbocycles. The van der Waals surface area contributed by atoms with Gasteiger partial charge in [0.1, 0.15) is 0 Å². The molecule has 2 fully saturated rings. The third-order valence-electron chi connectivity index (χ3n) is 5.02. The highest BCUT2D eigenvalue weighted by molar-refractivity contribution is 7.89. The summed E-state index contributed by atoms with van der Waals surface area (Å²) in [6, 6.07) is 3.35. The van der Waals surface area contributed by atoms with Gasteiger partial charge in [0.25, 0.3) is 0 Å². The standard InChI is InChI=1S/C15H20N2O4S/c1-11-6-12-13(21-10-20-12)7-14(11)22(18,19)17-5-3-15(9-17)2-4-16-8-15/h6-7,16H,2-5,8-10H2,1H3. The first-order valence-corrected chi connectivity index (χ1v) is 9.05. The van der Waals surface area contributed by atoms with Gasteiger partial charge in [-0.2, -0.15) is 4.31 Å². The summed E-state index contributed by atoms with van der Waals surface area (Å²) in [7, 11) is -3.48. The van der Waals surface area contributed by atoms with E-state index in [4.69, 9.17) is 9.47 Å². The zero-order chi connectivity index (χ0) is 15.4. The Labute approximate surface area is 130 Å². The smallest absolute Gasteiger partial charge is 0.243 e. The zero-order valence-corrected chi connectivity index (χ0v) is 13.4. The minimum Gasteiger partial charge on any atom is -0.454 e. The molecule has 0 bridgehead atoms. The van der Waals surface area contributed by atoms with Crippen molar-refractivity contribution >= 4 is 10.0 Å². The Morgan fingerprint density at radius 1 is 1.23 bits per heavy atom. The molecule has 22 heavy (non-hydrogen) atoms. The van der Waals surface area contributed by atoms with Crippen LogP contribution in [0.4, 0.5) is 0 Å². The highest BCUT2D eigenvalue weighted by atomic mass is 32.2. The van der Waals surface area contributed by atoms with Crippen molar-refractivity contribution in [2.45, 2.75) is 24.7 Å². The molecular weight excluding hydrogens is 304 g/mol. The number of nitrogens with one attached hydrogen (secondary N) is 1. The van der Waals surface area contributed by atoms with Gasteiger partial charge >= 0.3 is 0 Å². The monoisotopic (exact) mass is 324 g/mol. The molecular formula is C15H20N2O4S. The molecule has 0 aromatic heterocycles. The summed E-state index contributed by atoms with van der Waals surface area (Å²) < 4.78 is 38.3. The van der Waals surface area contributed by atoms with Crippen LogP contribution < -0.4 is 14.8 Å². The van der Waals surface area contributed by atoms with Crippen LogP contribution in [0.15, 0.2) is 17.0 Å². The molecule has 1 unspecified atom stereocenters. The number of sulfonamides is 1. The molecule has 1 aromatic carbocycles. The second-order valence-electron chi connectivity index (χ2n) is 6.49. The minimum atomic E-state index is -3.48. The van der Waals surface area contributed by atoms with E-state index in [1.807, 2.05) is 0 Å². The second kappa shape index (κ2) is 4.84. The number of benzene rings is 1. The highest BCUT2D eigenvalue weighted by Gasteiger charge is 2.45. The summed E-state index contributed by atoms with van der Waals surface area (Å²) in [6.07, 6.45) is 1.99. The molecule has 1 aromatic rings. The van der Waals surface area contributed by atoms with Crippen LogP contribution in [0.1, 0.15) is 18.4 Å². The van der Waals surface area contributed by atoms with E-state index < -0.39 is 10.0 Å². The number of ether oxygens (including phenoxy) is 2. The molecule has 2 saturated heterocycles. The van der Waals surface area contributed by atoms with Gasteiger partial charge in [-0.25, -0.2) is 8.42 Å². The maximum absolute atomic E-state index is 13.0. The Morgan fingerprint density at radius 3 is 2.73 bits per heavy atom. The van der Waals surface area contributed by atoms with E-state index in [-0.39, 0.29) is 12.2 Å². The van der Waals surface area contributed by atoms with Crippen LogP contribution in [0.3, 0.4) is 0 Å². The first-order valence-electron chi connectivity index (χ1n) is 7.61. The van der Waals surface area contributed by atoms with E-state index in [1.165, 1.54) is 0 Å². The van der Waals surface area contributed by atoms with E-state index in [9.17, 15) is 8.42 Å². The van der Waals surface area contributed by atoms with Gasteiger partial charge in [0.15, 0.2) is 11.5 Å². The lowest BCUT2D eigenvalue weighted by Gasteiger charge is -2.23. The van der Waals surface area contributed by atoms with E-state index in [0.29, 0.717) is 35.0 Å². The topological polar surface area (TPSA) is 67.9 Å². The van der Waals surface area contributed by atoms with Crippen molar-refractivity contribution in [2.75, 3.05) is 33.0 Å². The third kappa shape index (κ3) is 2.11. The maximum atomic E-state index is 13.0. The van der Waals surface area contributed by atoms with Crippen LogP contribution in [-0.2, 0) is 10.0 Å².